The molecule has 0 aromatic carbocycles. The molecule has 1 unspecified atom stereocenters. The van der Waals surface area contributed by atoms with E-state index >= 15 is 0 Å². The zero-order chi connectivity index (χ0) is 8.48. The highest BCUT2D eigenvalue weighted by molar-refractivity contribution is 5.82. The first kappa shape index (κ1) is 8.53. The molecule has 0 spiro atoms. The molecule has 0 saturated carbocycles. The number of carbonyl (C=O) groups excluding carboxylic acids is 1. The summed E-state index contributed by atoms with van der Waals surface area (Å²) >= 11 is 0. The Hall–Kier alpha value is -0.570. The van der Waals surface area contributed by atoms with E-state index in [0.29, 0.717) is 18.9 Å². The van der Waals surface area contributed by atoms with Crippen LogP contribution in [0.3, 0.4) is 0 Å². The van der Waals surface area contributed by atoms with Gasteiger partial charge in [0.1, 0.15) is 5.54 Å². The van der Waals surface area contributed by atoms with Gasteiger partial charge in [-0.15, -0.1) is 0 Å². The maximum atomic E-state index is 11.1. The van der Waals surface area contributed by atoms with Crippen LogP contribution in [0.15, 0.2) is 0 Å². The Balaban J connectivity index is 2.58. The van der Waals surface area contributed by atoms with E-state index in [9.17, 15) is 4.79 Å². The van der Waals surface area contributed by atoms with E-state index < -0.39 is 5.54 Å². The van der Waals surface area contributed by atoms with Gasteiger partial charge in [-0.2, -0.15) is 0 Å². The van der Waals surface area contributed by atoms with E-state index in [1.165, 1.54) is 0 Å². The van der Waals surface area contributed by atoms with Crippen molar-refractivity contribution in [2.75, 3.05) is 6.61 Å². The van der Waals surface area contributed by atoms with Crippen molar-refractivity contribution < 1.29 is 9.53 Å². The maximum Gasteiger partial charge on any atom is 0.326 e. The number of hydrogen-bond donors (Lipinski definition) is 1. The van der Waals surface area contributed by atoms with Crippen molar-refractivity contribution in [2.24, 2.45) is 11.7 Å². The van der Waals surface area contributed by atoms with Gasteiger partial charge in [0.05, 0.1) is 6.61 Å². The van der Waals surface area contributed by atoms with Crippen LogP contribution in [-0.2, 0) is 9.53 Å². The number of ether oxygens (including phenoxy) is 1. The van der Waals surface area contributed by atoms with Crippen LogP contribution in [0, 0.1) is 5.92 Å². The second-order valence-electron chi connectivity index (χ2n) is 3.64. The van der Waals surface area contributed by atoms with Gasteiger partial charge in [0.2, 0.25) is 0 Å². The minimum atomic E-state index is -0.686. The summed E-state index contributed by atoms with van der Waals surface area (Å²) in [5.41, 5.74) is 5.14. The molecular formula is C8H15NO2. The second-order valence-corrected chi connectivity index (χ2v) is 3.64. The summed E-state index contributed by atoms with van der Waals surface area (Å²) in [7, 11) is 0. The van der Waals surface area contributed by atoms with Crippen LogP contribution < -0.4 is 5.73 Å². The number of cyclic esters (lactones) is 1. The molecule has 64 valence electrons. The second kappa shape index (κ2) is 2.81. The largest absolute Gasteiger partial charge is 0.464 e. The van der Waals surface area contributed by atoms with Gasteiger partial charge in [-0.05, 0) is 12.3 Å². The average molecular weight is 157 g/mol. The first-order valence-corrected chi connectivity index (χ1v) is 4.01. The van der Waals surface area contributed by atoms with E-state index in [0.717, 1.165) is 6.42 Å². The van der Waals surface area contributed by atoms with E-state index in [2.05, 4.69) is 13.8 Å². The zero-order valence-corrected chi connectivity index (χ0v) is 7.09. The molecule has 1 rings (SSSR count). The molecule has 1 atom stereocenters. The lowest BCUT2D eigenvalue weighted by atomic mass is 9.89. The molecule has 3 nitrogen and oxygen atoms in total. The van der Waals surface area contributed by atoms with Crippen molar-refractivity contribution >= 4 is 5.97 Å². The molecule has 1 fully saturated rings. The van der Waals surface area contributed by atoms with Gasteiger partial charge in [-0.3, -0.25) is 4.79 Å². The van der Waals surface area contributed by atoms with Crippen molar-refractivity contribution in [2.45, 2.75) is 32.2 Å². The highest BCUT2D eigenvalue weighted by Crippen LogP contribution is 2.24. The van der Waals surface area contributed by atoms with Crippen LogP contribution in [0.2, 0.25) is 0 Å². The Labute approximate surface area is 66.9 Å². The van der Waals surface area contributed by atoms with Crippen LogP contribution >= 0.6 is 0 Å². The Morgan fingerprint density at radius 3 is 2.73 bits per heavy atom. The predicted octanol–water partition coefficient (Wildman–Crippen LogP) is 0.677. The van der Waals surface area contributed by atoms with Crippen molar-refractivity contribution in [3.8, 4) is 0 Å². The van der Waals surface area contributed by atoms with Crippen molar-refractivity contribution in [3.63, 3.8) is 0 Å². The van der Waals surface area contributed by atoms with E-state index in [1.54, 1.807) is 0 Å². The molecule has 0 aromatic heterocycles. The minimum absolute atomic E-state index is 0.230. The summed E-state index contributed by atoms with van der Waals surface area (Å²) in [6.07, 6.45) is 1.40. The van der Waals surface area contributed by atoms with Crippen molar-refractivity contribution in [1.82, 2.24) is 0 Å². The highest BCUT2D eigenvalue weighted by atomic mass is 16.5. The third-order valence-electron chi connectivity index (χ3n) is 1.96. The third kappa shape index (κ3) is 1.71. The lowest BCUT2D eigenvalue weighted by Gasteiger charge is -2.20. The highest BCUT2D eigenvalue weighted by Gasteiger charge is 2.40. The Morgan fingerprint density at radius 2 is 2.36 bits per heavy atom. The number of esters is 1. The lowest BCUT2D eigenvalue weighted by molar-refractivity contribution is -0.142. The molecule has 1 aliphatic rings. The van der Waals surface area contributed by atoms with Gasteiger partial charge in [0.15, 0.2) is 0 Å². The SMILES string of the molecule is CC(C)CC1(N)CCOC1=O. The fourth-order valence-electron chi connectivity index (χ4n) is 1.49. The lowest BCUT2D eigenvalue weighted by Crippen LogP contribution is -2.45. The summed E-state index contributed by atoms with van der Waals surface area (Å²) in [4.78, 5) is 11.1. The molecule has 1 heterocycles. The monoisotopic (exact) mass is 157 g/mol. The molecule has 0 bridgehead atoms. The zero-order valence-electron chi connectivity index (χ0n) is 7.09. The van der Waals surface area contributed by atoms with Crippen LogP contribution in [0.4, 0.5) is 0 Å². The van der Waals surface area contributed by atoms with Gasteiger partial charge in [0, 0.05) is 6.42 Å². The molecule has 3 heteroatoms. The fraction of sp³-hybridized carbons (Fsp3) is 0.875. The smallest absolute Gasteiger partial charge is 0.326 e. The molecule has 1 aliphatic heterocycles. The number of rotatable bonds is 2. The minimum Gasteiger partial charge on any atom is -0.464 e. The van der Waals surface area contributed by atoms with E-state index in [1.807, 2.05) is 0 Å². The molecular weight excluding hydrogens is 142 g/mol. The summed E-state index contributed by atoms with van der Waals surface area (Å²) in [5.74, 6) is 0.219. The van der Waals surface area contributed by atoms with Crippen LogP contribution in [0.25, 0.3) is 0 Å². The first-order valence-electron chi connectivity index (χ1n) is 4.01. The molecule has 0 radical (unpaired) electrons. The molecule has 0 amide bonds. The number of nitrogens with two attached hydrogens (primary N) is 1. The van der Waals surface area contributed by atoms with Crippen molar-refractivity contribution in [1.29, 1.82) is 0 Å². The summed E-state index contributed by atoms with van der Waals surface area (Å²) < 4.78 is 4.81. The van der Waals surface area contributed by atoms with E-state index in [4.69, 9.17) is 10.5 Å². The van der Waals surface area contributed by atoms with E-state index in [-0.39, 0.29) is 5.97 Å². The summed E-state index contributed by atoms with van der Waals surface area (Å²) in [5, 5.41) is 0. The summed E-state index contributed by atoms with van der Waals surface area (Å²) in [6.45, 7) is 4.60. The Bertz CT molecular complexity index is 167. The van der Waals surface area contributed by atoms with Gasteiger partial charge < -0.3 is 10.5 Å². The predicted molar refractivity (Wildman–Crippen MR) is 41.9 cm³/mol. The fourth-order valence-corrected chi connectivity index (χ4v) is 1.49. The Kier molecular flexibility index (Phi) is 2.18. The standard InChI is InChI=1S/C8H15NO2/c1-6(2)5-8(9)3-4-11-7(8)10/h6H,3-5,9H2,1-2H3. The topological polar surface area (TPSA) is 52.3 Å². The van der Waals surface area contributed by atoms with Crippen LogP contribution in [0.1, 0.15) is 26.7 Å². The van der Waals surface area contributed by atoms with Gasteiger partial charge in [-0.1, -0.05) is 13.8 Å². The van der Waals surface area contributed by atoms with Gasteiger partial charge >= 0.3 is 5.97 Å². The van der Waals surface area contributed by atoms with Gasteiger partial charge in [0.25, 0.3) is 0 Å². The number of carbonyl (C=O) groups is 1. The van der Waals surface area contributed by atoms with Crippen LogP contribution in [-0.4, -0.2) is 18.1 Å². The van der Waals surface area contributed by atoms with Crippen LogP contribution in [0.5, 0.6) is 0 Å². The Morgan fingerprint density at radius 1 is 1.73 bits per heavy atom. The molecule has 0 aliphatic carbocycles. The molecule has 2 N–H and O–H groups in total. The number of hydrogen-bond acceptors (Lipinski definition) is 3. The quantitative estimate of drug-likeness (QED) is 0.599. The first-order chi connectivity index (χ1) is 5.04. The normalized spacial score (nSPS) is 31.1. The van der Waals surface area contributed by atoms with Gasteiger partial charge in [-0.25, -0.2) is 0 Å². The average Bonchev–Trinajstić information content (AvgIpc) is 2.11. The third-order valence-corrected chi connectivity index (χ3v) is 1.96. The summed E-state index contributed by atoms with van der Waals surface area (Å²) in [6, 6.07) is 0. The molecule has 11 heavy (non-hydrogen) atoms. The maximum absolute atomic E-state index is 11.1. The molecule has 0 aromatic rings. The van der Waals surface area contributed by atoms with Crippen molar-refractivity contribution in [3.05, 3.63) is 0 Å². The molecule has 1 saturated heterocycles.